The SMILES string of the molecule is O=C1CC[C@H](N2C(=O)Cc3ccccc3C2=S)C(=O)C1. The van der Waals surface area contributed by atoms with Gasteiger partial charge in [0.05, 0.1) is 18.9 Å². The van der Waals surface area contributed by atoms with Gasteiger partial charge in [0.1, 0.15) is 10.8 Å². The normalized spacial score (nSPS) is 23.0. The van der Waals surface area contributed by atoms with Gasteiger partial charge in [-0.2, -0.15) is 0 Å². The Balaban J connectivity index is 1.95. The van der Waals surface area contributed by atoms with Gasteiger partial charge in [0.25, 0.3) is 0 Å². The van der Waals surface area contributed by atoms with Crippen molar-refractivity contribution >= 4 is 34.7 Å². The summed E-state index contributed by atoms with van der Waals surface area (Å²) in [7, 11) is 0. The summed E-state index contributed by atoms with van der Waals surface area (Å²) in [6, 6.07) is 6.92. The van der Waals surface area contributed by atoms with E-state index in [0.29, 0.717) is 17.8 Å². The maximum Gasteiger partial charge on any atom is 0.232 e. The van der Waals surface area contributed by atoms with E-state index in [1.54, 1.807) is 0 Å². The number of amides is 1. The number of hydrogen-bond donors (Lipinski definition) is 0. The first-order valence-electron chi connectivity index (χ1n) is 6.56. The summed E-state index contributed by atoms with van der Waals surface area (Å²) in [4.78, 5) is 37.5. The largest absolute Gasteiger partial charge is 0.299 e. The van der Waals surface area contributed by atoms with Crippen LogP contribution in [0.15, 0.2) is 24.3 Å². The van der Waals surface area contributed by atoms with E-state index in [-0.39, 0.29) is 30.3 Å². The van der Waals surface area contributed by atoms with E-state index in [9.17, 15) is 14.4 Å². The van der Waals surface area contributed by atoms with Crippen LogP contribution in [0, 0.1) is 0 Å². The fraction of sp³-hybridized carbons (Fsp3) is 0.333. The lowest BCUT2D eigenvalue weighted by molar-refractivity contribution is -0.139. The smallest absolute Gasteiger partial charge is 0.232 e. The van der Waals surface area contributed by atoms with Crippen molar-refractivity contribution in [2.45, 2.75) is 31.7 Å². The molecular weight excluding hydrogens is 274 g/mol. The zero-order chi connectivity index (χ0) is 14.3. The van der Waals surface area contributed by atoms with Crippen LogP contribution in [0.5, 0.6) is 0 Å². The van der Waals surface area contributed by atoms with Crippen molar-refractivity contribution in [1.82, 2.24) is 4.90 Å². The molecule has 1 heterocycles. The third-order valence-electron chi connectivity index (χ3n) is 3.83. The Bertz CT molecular complexity index is 638. The van der Waals surface area contributed by atoms with Gasteiger partial charge in [-0.05, 0) is 12.0 Å². The van der Waals surface area contributed by atoms with Crippen LogP contribution in [-0.4, -0.2) is 33.4 Å². The zero-order valence-corrected chi connectivity index (χ0v) is 11.6. The average Bonchev–Trinajstić information content (AvgIpc) is 2.41. The first kappa shape index (κ1) is 13.1. The zero-order valence-electron chi connectivity index (χ0n) is 10.8. The number of nitrogens with zero attached hydrogens (tertiary/aromatic N) is 1. The molecule has 0 unspecified atom stereocenters. The van der Waals surface area contributed by atoms with Crippen molar-refractivity contribution < 1.29 is 14.4 Å². The standard InChI is InChI=1S/C15H13NO3S/c17-10-5-6-12(13(18)8-10)16-14(19)7-9-3-1-2-4-11(9)15(16)20/h1-4,12H,5-8H2/t12-/m0/s1. The molecule has 1 fully saturated rings. The number of rotatable bonds is 1. The Morgan fingerprint density at radius 2 is 1.85 bits per heavy atom. The lowest BCUT2D eigenvalue weighted by Gasteiger charge is -2.36. The Morgan fingerprint density at radius 1 is 1.10 bits per heavy atom. The number of thiocarbonyl (C=S) groups is 1. The number of carbonyl (C=O) groups is 3. The van der Waals surface area contributed by atoms with Gasteiger partial charge in [-0.1, -0.05) is 36.5 Å². The average molecular weight is 287 g/mol. The third-order valence-corrected chi connectivity index (χ3v) is 4.24. The van der Waals surface area contributed by atoms with Gasteiger partial charge in [-0.15, -0.1) is 0 Å². The van der Waals surface area contributed by atoms with Gasteiger partial charge in [0.2, 0.25) is 5.91 Å². The van der Waals surface area contributed by atoms with Gasteiger partial charge in [-0.3, -0.25) is 19.3 Å². The first-order valence-corrected chi connectivity index (χ1v) is 6.97. The van der Waals surface area contributed by atoms with Crippen LogP contribution < -0.4 is 0 Å². The predicted molar refractivity (Wildman–Crippen MR) is 76.3 cm³/mol. The summed E-state index contributed by atoms with van der Waals surface area (Å²) in [5.74, 6) is -0.403. The number of Topliss-reactive ketones (excluding diaryl/α,β-unsaturated/α-hetero) is 2. The quantitative estimate of drug-likeness (QED) is 0.579. The molecule has 102 valence electrons. The molecule has 0 bridgehead atoms. The van der Waals surface area contributed by atoms with Crippen LogP contribution in [0.4, 0.5) is 0 Å². The summed E-state index contributed by atoms with van der Waals surface area (Å²) >= 11 is 5.39. The second-order valence-electron chi connectivity index (χ2n) is 5.14. The molecule has 1 aromatic carbocycles. The summed E-state index contributed by atoms with van der Waals surface area (Å²) < 4.78 is 0. The molecule has 1 atom stereocenters. The van der Waals surface area contributed by atoms with E-state index >= 15 is 0 Å². The minimum Gasteiger partial charge on any atom is -0.299 e. The molecule has 1 aromatic rings. The second-order valence-corrected chi connectivity index (χ2v) is 5.53. The van der Waals surface area contributed by atoms with E-state index < -0.39 is 6.04 Å². The van der Waals surface area contributed by atoms with Crippen molar-refractivity contribution in [2.24, 2.45) is 0 Å². The first-order chi connectivity index (χ1) is 9.58. The molecule has 0 saturated heterocycles. The lowest BCUT2D eigenvalue weighted by Crippen LogP contribution is -2.53. The van der Waals surface area contributed by atoms with Gasteiger partial charge in [-0.25, -0.2) is 0 Å². The van der Waals surface area contributed by atoms with Crippen molar-refractivity contribution in [2.75, 3.05) is 0 Å². The lowest BCUT2D eigenvalue weighted by atomic mass is 9.89. The van der Waals surface area contributed by atoms with E-state index in [4.69, 9.17) is 12.2 Å². The van der Waals surface area contributed by atoms with Gasteiger partial charge < -0.3 is 0 Å². The Morgan fingerprint density at radius 3 is 2.60 bits per heavy atom. The maximum absolute atomic E-state index is 12.3. The van der Waals surface area contributed by atoms with Crippen molar-refractivity contribution in [3.63, 3.8) is 0 Å². The molecular formula is C15H13NO3S. The maximum atomic E-state index is 12.3. The van der Waals surface area contributed by atoms with E-state index in [1.807, 2.05) is 24.3 Å². The molecule has 2 aliphatic rings. The Hall–Kier alpha value is -1.88. The fourth-order valence-electron chi connectivity index (χ4n) is 2.82. The Kier molecular flexibility index (Phi) is 3.22. The molecule has 0 spiro atoms. The highest BCUT2D eigenvalue weighted by atomic mass is 32.1. The highest BCUT2D eigenvalue weighted by Gasteiger charge is 2.39. The van der Waals surface area contributed by atoms with Crippen LogP contribution >= 0.6 is 12.2 Å². The van der Waals surface area contributed by atoms with E-state index in [0.717, 1.165) is 11.1 Å². The summed E-state index contributed by atoms with van der Waals surface area (Å²) in [5, 5.41) is 0. The summed E-state index contributed by atoms with van der Waals surface area (Å²) in [6.45, 7) is 0. The number of ketones is 2. The van der Waals surface area contributed by atoms with Crippen LogP contribution in [-0.2, 0) is 20.8 Å². The van der Waals surface area contributed by atoms with Gasteiger partial charge in [0, 0.05) is 12.0 Å². The topological polar surface area (TPSA) is 54.5 Å². The number of hydrogen-bond acceptors (Lipinski definition) is 4. The van der Waals surface area contributed by atoms with Crippen molar-refractivity contribution in [1.29, 1.82) is 0 Å². The number of fused-ring (bicyclic) bond motifs is 1. The van der Waals surface area contributed by atoms with Crippen molar-refractivity contribution in [3.8, 4) is 0 Å². The molecule has 1 aliphatic heterocycles. The fourth-order valence-corrected chi connectivity index (χ4v) is 3.25. The molecule has 1 saturated carbocycles. The summed E-state index contributed by atoms with van der Waals surface area (Å²) in [5.41, 5.74) is 1.74. The van der Waals surface area contributed by atoms with Crippen LogP contribution in [0.1, 0.15) is 30.4 Å². The Labute approximate surface area is 121 Å². The molecule has 1 aliphatic carbocycles. The highest BCUT2D eigenvalue weighted by Crippen LogP contribution is 2.26. The molecule has 0 N–H and O–H groups in total. The third kappa shape index (κ3) is 2.08. The molecule has 0 aromatic heterocycles. The monoisotopic (exact) mass is 287 g/mol. The van der Waals surface area contributed by atoms with Crippen LogP contribution in [0.25, 0.3) is 0 Å². The number of carbonyl (C=O) groups excluding carboxylic acids is 3. The van der Waals surface area contributed by atoms with Crippen LogP contribution in [0.3, 0.4) is 0 Å². The van der Waals surface area contributed by atoms with E-state index in [1.165, 1.54) is 4.90 Å². The van der Waals surface area contributed by atoms with Gasteiger partial charge >= 0.3 is 0 Å². The van der Waals surface area contributed by atoms with Crippen LogP contribution in [0.2, 0.25) is 0 Å². The molecule has 20 heavy (non-hydrogen) atoms. The molecule has 5 heteroatoms. The highest BCUT2D eigenvalue weighted by molar-refractivity contribution is 7.80. The summed E-state index contributed by atoms with van der Waals surface area (Å²) in [6.07, 6.45) is 0.892. The second kappa shape index (κ2) is 4.90. The minimum atomic E-state index is -0.568. The van der Waals surface area contributed by atoms with Crippen molar-refractivity contribution in [3.05, 3.63) is 35.4 Å². The molecule has 4 nitrogen and oxygen atoms in total. The molecule has 1 amide bonds. The van der Waals surface area contributed by atoms with E-state index in [2.05, 4.69) is 0 Å². The van der Waals surface area contributed by atoms with Gasteiger partial charge in [0.15, 0.2) is 5.78 Å². The molecule has 0 radical (unpaired) electrons. The predicted octanol–water partition coefficient (Wildman–Crippen LogP) is 1.44. The minimum absolute atomic E-state index is 0.0537. The number of benzene rings is 1. The molecule has 3 rings (SSSR count).